The normalized spacial score (nSPS) is 25.6. The van der Waals surface area contributed by atoms with E-state index in [-0.39, 0.29) is 0 Å². The van der Waals surface area contributed by atoms with E-state index in [1.807, 2.05) is 0 Å². The van der Waals surface area contributed by atoms with Gasteiger partial charge in [-0.3, -0.25) is 0 Å². The van der Waals surface area contributed by atoms with Gasteiger partial charge in [-0.2, -0.15) is 11.8 Å². The fraction of sp³-hybridized carbons (Fsp3) is 0.818. The molecule has 0 aliphatic carbocycles. The molecule has 3 N–H and O–H groups in total. The first kappa shape index (κ1) is 15.1. The van der Waals surface area contributed by atoms with E-state index in [2.05, 4.69) is 5.32 Å². The summed E-state index contributed by atoms with van der Waals surface area (Å²) in [7, 11) is 0. The molecule has 1 fully saturated rings. The highest BCUT2D eigenvalue weighted by Gasteiger charge is 2.45. The molecule has 0 aromatic rings. The number of carbonyl (C=O) groups is 2. The maximum Gasteiger partial charge on any atom is 0.408 e. The summed E-state index contributed by atoms with van der Waals surface area (Å²) in [6.45, 7) is 5.05. The second-order valence-electron chi connectivity index (χ2n) is 5.32. The Balaban J connectivity index is 2.70. The first-order valence-corrected chi connectivity index (χ1v) is 6.82. The molecule has 1 rings (SSSR count). The molecule has 1 aliphatic rings. The van der Waals surface area contributed by atoms with Crippen molar-refractivity contribution in [3.8, 4) is 0 Å². The molecule has 0 aromatic carbocycles. The fourth-order valence-corrected chi connectivity index (χ4v) is 2.96. The molecule has 1 saturated heterocycles. The third-order valence-corrected chi connectivity index (χ3v) is 3.67. The highest BCUT2D eigenvalue weighted by molar-refractivity contribution is 7.99. The van der Waals surface area contributed by atoms with Gasteiger partial charge < -0.3 is 20.3 Å². The number of aliphatic carboxylic acids is 1. The summed E-state index contributed by atoms with van der Waals surface area (Å²) >= 11 is 1.46. The lowest BCUT2D eigenvalue weighted by atomic mass is 9.93. The van der Waals surface area contributed by atoms with Crippen molar-refractivity contribution in [2.45, 2.75) is 44.4 Å². The van der Waals surface area contributed by atoms with Crippen molar-refractivity contribution in [1.29, 1.82) is 0 Å². The lowest BCUT2D eigenvalue weighted by molar-refractivity contribution is -0.146. The van der Waals surface area contributed by atoms with Crippen molar-refractivity contribution >= 4 is 23.8 Å². The van der Waals surface area contributed by atoms with Gasteiger partial charge in [0.1, 0.15) is 11.2 Å². The smallest absolute Gasteiger partial charge is 0.408 e. The van der Waals surface area contributed by atoms with Crippen LogP contribution in [0.5, 0.6) is 0 Å². The highest BCUT2D eigenvalue weighted by atomic mass is 32.2. The molecule has 18 heavy (non-hydrogen) atoms. The number of carboxylic acids is 1. The minimum atomic E-state index is -1.41. The molecule has 0 radical (unpaired) electrons. The molecular formula is C11H19NO5S. The molecule has 104 valence electrons. The summed E-state index contributed by atoms with van der Waals surface area (Å²) in [5.74, 6) is -0.290. The minimum Gasteiger partial charge on any atom is -0.480 e. The van der Waals surface area contributed by atoms with Gasteiger partial charge in [-0.05, 0) is 32.9 Å². The van der Waals surface area contributed by atoms with Crippen LogP contribution in [0.15, 0.2) is 0 Å². The van der Waals surface area contributed by atoms with Gasteiger partial charge >= 0.3 is 12.1 Å². The molecule has 0 bridgehead atoms. The number of carboxylic acid groups (broad SMARTS) is 1. The van der Waals surface area contributed by atoms with Gasteiger partial charge in [-0.15, -0.1) is 0 Å². The quantitative estimate of drug-likeness (QED) is 0.707. The zero-order chi connectivity index (χ0) is 14.0. The molecule has 1 amide bonds. The third kappa shape index (κ3) is 4.06. The Kier molecular flexibility index (Phi) is 4.50. The Hall–Kier alpha value is -0.950. The van der Waals surface area contributed by atoms with E-state index in [0.717, 1.165) is 0 Å². The van der Waals surface area contributed by atoms with Gasteiger partial charge in [0.15, 0.2) is 6.04 Å². The van der Waals surface area contributed by atoms with Crippen LogP contribution in [0, 0.1) is 0 Å². The molecule has 2 unspecified atom stereocenters. The summed E-state index contributed by atoms with van der Waals surface area (Å²) in [6.07, 6.45) is -0.495. The molecule has 0 aromatic heterocycles. The van der Waals surface area contributed by atoms with Gasteiger partial charge in [-0.1, -0.05) is 0 Å². The van der Waals surface area contributed by atoms with Crippen molar-refractivity contribution in [2.75, 3.05) is 11.5 Å². The number of ether oxygens (including phenoxy) is 1. The van der Waals surface area contributed by atoms with Crippen molar-refractivity contribution in [3.05, 3.63) is 0 Å². The van der Waals surface area contributed by atoms with E-state index in [4.69, 9.17) is 9.84 Å². The van der Waals surface area contributed by atoms with Crippen molar-refractivity contribution < 1.29 is 24.5 Å². The number of hydrogen-bond donors (Lipinski definition) is 3. The van der Waals surface area contributed by atoms with Crippen LogP contribution in [0.1, 0.15) is 27.2 Å². The van der Waals surface area contributed by atoms with Gasteiger partial charge in [0.2, 0.25) is 0 Å². The number of rotatable bonds is 3. The van der Waals surface area contributed by atoms with E-state index >= 15 is 0 Å². The Morgan fingerprint density at radius 2 is 2.06 bits per heavy atom. The molecule has 1 aliphatic heterocycles. The number of nitrogens with one attached hydrogen (secondary N) is 1. The number of carbonyl (C=O) groups excluding carboxylic acids is 1. The lowest BCUT2D eigenvalue weighted by Gasteiger charge is -2.30. The van der Waals surface area contributed by atoms with Gasteiger partial charge in [-0.25, -0.2) is 9.59 Å². The van der Waals surface area contributed by atoms with E-state index in [0.29, 0.717) is 17.9 Å². The first-order chi connectivity index (χ1) is 8.14. The molecule has 1 heterocycles. The molecule has 0 spiro atoms. The second-order valence-corrected chi connectivity index (χ2v) is 6.43. The van der Waals surface area contributed by atoms with Crippen molar-refractivity contribution in [2.24, 2.45) is 0 Å². The second kappa shape index (κ2) is 5.36. The van der Waals surface area contributed by atoms with Crippen LogP contribution in [-0.4, -0.2) is 51.0 Å². The fourth-order valence-electron chi connectivity index (χ4n) is 1.65. The summed E-state index contributed by atoms with van der Waals surface area (Å²) in [4.78, 5) is 22.7. The largest absolute Gasteiger partial charge is 0.480 e. The van der Waals surface area contributed by atoms with Gasteiger partial charge in [0.05, 0.1) is 0 Å². The Bertz CT molecular complexity index is 333. The third-order valence-electron chi connectivity index (χ3n) is 2.48. The van der Waals surface area contributed by atoms with E-state index < -0.39 is 29.3 Å². The van der Waals surface area contributed by atoms with Crippen LogP contribution in [-0.2, 0) is 9.53 Å². The predicted molar refractivity (Wildman–Crippen MR) is 67.7 cm³/mol. The Labute approximate surface area is 110 Å². The van der Waals surface area contributed by atoms with Crippen molar-refractivity contribution in [3.63, 3.8) is 0 Å². The number of amides is 1. The predicted octanol–water partition coefficient (Wildman–Crippen LogP) is 0.832. The molecule has 7 heteroatoms. The van der Waals surface area contributed by atoms with Gasteiger partial charge in [0, 0.05) is 5.75 Å². The number of hydrogen-bond acceptors (Lipinski definition) is 5. The van der Waals surface area contributed by atoms with E-state index in [9.17, 15) is 14.7 Å². The van der Waals surface area contributed by atoms with Crippen LogP contribution < -0.4 is 5.32 Å². The average molecular weight is 277 g/mol. The summed E-state index contributed by atoms with van der Waals surface area (Å²) < 4.78 is 4.99. The summed E-state index contributed by atoms with van der Waals surface area (Å²) in [5, 5.41) is 21.5. The zero-order valence-electron chi connectivity index (χ0n) is 10.7. The van der Waals surface area contributed by atoms with Crippen LogP contribution in [0.2, 0.25) is 0 Å². The van der Waals surface area contributed by atoms with Gasteiger partial charge in [0.25, 0.3) is 0 Å². The van der Waals surface area contributed by atoms with Crippen LogP contribution in [0.4, 0.5) is 4.79 Å². The number of alkyl carbamates (subject to hydrolysis) is 1. The van der Waals surface area contributed by atoms with Crippen LogP contribution >= 0.6 is 11.8 Å². The molecule has 2 atom stereocenters. The van der Waals surface area contributed by atoms with Crippen LogP contribution in [0.25, 0.3) is 0 Å². The Morgan fingerprint density at radius 1 is 1.44 bits per heavy atom. The topological polar surface area (TPSA) is 95.9 Å². The van der Waals surface area contributed by atoms with Crippen molar-refractivity contribution in [1.82, 2.24) is 5.32 Å². The molecule has 6 nitrogen and oxygen atoms in total. The number of aliphatic hydroxyl groups is 1. The first-order valence-electron chi connectivity index (χ1n) is 5.66. The van der Waals surface area contributed by atoms with Crippen LogP contribution in [0.3, 0.4) is 0 Å². The highest BCUT2D eigenvalue weighted by Crippen LogP contribution is 2.31. The maximum absolute atomic E-state index is 11.6. The average Bonchev–Trinajstić information content (AvgIpc) is 2.59. The molecular weight excluding hydrogens is 258 g/mol. The monoisotopic (exact) mass is 277 g/mol. The van der Waals surface area contributed by atoms with E-state index in [1.165, 1.54) is 11.8 Å². The minimum absolute atomic E-state index is 0.291. The van der Waals surface area contributed by atoms with E-state index in [1.54, 1.807) is 20.8 Å². The zero-order valence-corrected chi connectivity index (χ0v) is 11.5. The maximum atomic E-state index is 11.6. The summed E-state index contributed by atoms with van der Waals surface area (Å²) in [5.41, 5.74) is -2.12. The SMILES string of the molecule is CC(C)(C)OC(=O)NC(C(=O)O)C1(O)CCSC1. The standard InChI is InChI=1S/C11H19NO5S/c1-10(2,3)17-9(15)12-7(8(13)14)11(16)4-5-18-6-11/h7,16H,4-6H2,1-3H3,(H,12,15)(H,13,14). The Morgan fingerprint density at radius 3 is 2.44 bits per heavy atom. The lowest BCUT2D eigenvalue weighted by Crippen LogP contribution is -2.58. The summed E-state index contributed by atoms with van der Waals surface area (Å²) in [6, 6.07) is -1.35. The molecule has 0 saturated carbocycles. The number of thioether (sulfide) groups is 1.